The summed E-state index contributed by atoms with van der Waals surface area (Å²) < 4.78 is 11.4. The molecule has 0 atom stereocenters. The van der Waals surface area contributed by atoms with Crippen molar-refractivity contribution in [3.63, 3.8) is 0 Å². The largest absolute Gasteiger partial charge is 0.497 e. The molecule has 29 heavy (non-hydrogen) atoms. The van der Waals surface area contributed by atoms with Gasteiger partial charge in [-0.1, -0.05) is 38.1 Å². The zero-order valence-corrected chi connectivity index (χ0v) is 17.7. The summed E-state index contributed by atoms with van der Waals surface area (Å²) in [6.45, 7) is 7.86. The number of carbonyl (C=O) groups excluding carboxylic acids is 1. The van der Waals surface area contributed by atoms with E-state index < -0.39 is 0 Å². The van der Waals surface area contributed by atoms with Crippen LogP contribution in [0.25, 0.3) is 0 Å². The number of rotatable bonds is 6. The molecule has 0 bridgehead atoms. The summed E-state index contributed by atoms with van der Waals surface area (Å²) in [5.74, 6) is 3.43. The van der Waals surface area contributed by atoms with Crippen LogP contribution in [0.2, 0.25) is 0 Å². The van der Waals surface area contributed by atoms with E-state index in [9.17, 15) is 4.79 Å². The fourth-order valence-electron chi connectivity index (χ4n) is 4.67. The number of carbonyl (C=O) groups is 1. The Balaban J connectivity index is 1.46. The minimum atomic E-state index is -0.236. The fourth-order valence-corrected chi connectivity index (χ4v) is 4.67. The molecule has 1 fully saturated rings. The van der Waals surface area contributed by atoms with Gasteiger partial charge in [-0.3, -0.25) is 4.79 Å². The predicted octanol–water partition coefficient (Wildman–Crippen LogP) is 4.71. The van der Waals surface area contributed by atoms with Crippen LogP contribution in [0, 0.1) is 11.3 Å². The average molecular weight is 393 g/mol. The van der Waals surface area contributed by atoms with Crippen LogP contribution in [0.5, 0.6) is 11.5 Å². The monoisotopic (exact) mass is 392 g/mol. The normalized spacial score (nSPS) is 18.3. The smallest absolute Gasteiger partial charge is 0.169 e. The first kappa shape index (κ1) is 20.0. The number of hydrogen-bond acceptors (Lipinski definition) is 4. The molecule has 2 aliphatic rings. The number of Topliss-reactive ketones (excluding diaryl/α,β-unsaturated/α-hetero) is 1. The molecule has 4 nitrogen and oxygen atoms in total. The lowest BCUT2D eigenvalue weighted by molar-refractivity contribution is 0.0642. The molecule has 0 amide bonds. The molecule has 4 heteroatoms. The molecule has 2 aromatic rings. The summed E-state index contributed by atoms with van der Waals surface area (Å²) in [4.78, 5) is 15.8. The van der Waals surface area contributed by atoms with E-state index in [1.807, 2.05) is 42.5 Å². The first-order valence-corrected chi connectivity index (χ1v) is 10.4. The number of likely N-dealkylation sites (tertiary alicyclic amines) is 1. The lowest BCUT2D eigenvalue weighted by Crippen LogP contribution is -2.44. The van der Waals surface area contributed by atoms with E-state index in [0.717, 1.165) is 67.1 Å². The third kappa shape index (κ3) is 4.04. The molecule has 1 aliphatic carbocycles. The van der Waals surface area contributed by atoms with Crippen molar-refractivity contribution < 1.29 is 14.3 Å². The summed E-state index contributed by atoms with van der Waals surface area (Å²) in [6, 6.07) is 13.8. The molecule has 0 unspecified atom stereocenters. The van der Waals surface area contributed by atoms with Gasteiger partial charge < -0.3 is 14.4 Å². The second kappa shape index (κ2) is 8.19. The van der Waals surface area contributed by atoms with E-state index in [0.29, 0.717) is 12.4 Å². The van der Waals surface area contributed by atoms with E-state index in [-0.39, 0.29) is 5.41 Å². The van der Waals surface area contributed by atoms with Gasteiger partial charge in [-0.2, -0.15) is 0 Å². The SMILES string of the molecule is COc1ccc(COc2cccc3c2CC2(CCN(C[C](C)C)CC2)C3=O)cc1. The molecule has 1 saturated heterocycles. The molecular formula is C25H30NO3. The van der Waals surface area contributed by atoms with Gasteiger partial charge in [0.1, 0.15) is 18.1 Å². The maximum Gasteiger partial charge on any atom is 0.169 e. The number of fused-ring (bicyclic) bond motifs is 1. The second-order valence-corrected chi connectivity index (χ2v) is 8.69. The molecule has 1 heterocycles. The van der Waals surface area contributed by atoms with Crippen LogP contribution in [0.4, 0.5) is 0 Å². The lowest BCUT2D eigenvalue weighted by atomic mass is 9.75. The van der Waals surface area contributed by atoms with Gasteiger partial charge in [0.05, 0.1) is 7.11 Å². The van der Waals surface area contributed by atoms with Crippen LogP contribution in [-0.4, -0.2) is 37.4 Å². The van der Waals surface area contributed by atoms with Gasteiger partial charge in [0.2, 0.25) is 0 Å². The third-order valence-corrected chi connectivity index (χ3v) is 6.28. The van der Waals surface area contributed by atoms with Crippen molar-refractivity contribution in [1.29, 1.82) is 0 Å². The highest BCUT2D eigenvalue weighted by atomic mass is 16.5. The highest BCUT2D eigenvalue weighted by molar-refractivity contribution is 6.05. The van der Waals surface area contributed by atoms with Crippen LogP contribution in [0.1, 0.15) is 48.2 Å². The number of hydrogen-bond donors (Lipinski definition) is 0. The number of ether oxygens (including phenoxy) is 2. The Bertz CT molecular complexity index is 864. The van der Waals surface area contributed by atoms with Crippen LogP contribution < -0.4 is 9.47 Å². The Morgan fingerprint density at radius 2 is 1.79 bits per heavy atom. The Morgan fingerprint density at radius 3 is 2.45 bits per heavy atom. The number of benzene rings is 2. The number of piperidine rings is 1. The van der Waals surface area contributed by atoms with Crippen LogP contribution in [0.3, 0.4) is 0 Å². The van der Waals surface area contributed by atoms with Gasteiger partial charge in [0.15, 0.2) is 5.78 Å². The van der Waals surface area contributed by atoms with Gasteiger partial charge in [0.25, 0.3) is 0 Å². The molecule has 2 aromatic carbocycles. The molecular weight excluding hydrogens is 362 g/mol. The van der Waals surface area contributed by atoms with Crippen molar-refractivity contribution in [3.8, 4) is 11.5 Å². The number of methoxy groups -OCH3 is 1. The molecule has 0 saturated carbocycles. The maximum absolute atomic E-state index is 13.3. The summed E-state index contributed by atoms with van der Waals surface area (Å²) >= 11 is 0. The van der Waals surface area contributed by atoms with Crippen molar-refractivity contribution in [3.05, 3.63) is 65.1 Å². The molecule has 0 aromatic heterocycles. The van der Waals surface area contributed by atoms with Crippen LogP contribution >= 0.6 is 0 Å². The lowest BCUT2D eigenvalue weighted by Gasteiger charge is -2.38. The van der Waals surface area contributed by atoms with Crippen LogP contribution in [0.15, 0.2) is 42.5 Å². The van der Waals surface area contributed by atoms with Crippen molar-refractivity contribution in [2.45, 2.75) is 39.7 Å². The van der Waals surface area contributed by atoms with Crippen LogP contribution in [-0.2, 0) is 13.0 Å². The van der Waals surface area contributed by atoms with Crippen molar-refractivity contribution in [2.75, 3.05) is 26.7 Å². The Morgan fingerprint density at radius 1 is 1.07 bits per heavy atom. The minimum absolute atomic E-state index is 0.236. The zero-order chi connectivity index (χ0) is 20.4. The van der Waals surface area contributed by atoms with Crippen molar-refractivity contribution in [1.82, 2.24) is 4.90 Å². The Hall–Kier alpha value is -2.33. The van der Waals surface area contributed by atoms with E-state index in [1.54, 1.807) is 7.11 Å². The quantitative estimate of drug-likeness (QED) is 0.714. The van der Waals surface area contributed by atoms with Gasteiger partial charge in [-0.15, -0.1) is 0 Å². The molecule has 0 N–H and O–H groups in total. The van der Waals surface area contributed by atoms with Gasteiger partial charge >= 0.3 is 0 Å². The second-order valence-electron chi connectivity index (χ2n) is 8.69. The Labute approximate surface area is 173 Å². The maximum atomic E-state index is 13.3. The highest BCUT2D eigenvalue weighted by Crippen LogP contribution is 2.47. The molecule has 1 radical (unpaired) electrons. The molecule has 153 valence electrons. The number of nitrogens with zero attached hydrogens (tertiary/aromatic N) is 1. The predicted molar refractivity (Wildman–Crippen MR) is 115 cm³/mol. The fraction of sp³-hybridized carbons (Fsp3) is 0.440. The first-order valence-electron chi connectivity index (χ1n) is 10.4. The molecule has 1 spiro atoms. The zero-order valence-electron chi connectivity index (χ0n) is 17.7. The summed E-state index contributed by atoms with van der Waals surface area (Å²) in [6.07, 6.45) is 2.68. The average Bonchev–Trinajstić information content (AvgIpc) is 3.00. The van der Waals surface area contributed by atoms with Crippen molar-refractivity contribution >= 4 is 5.78 Å². The highest BCUT2D eigenvalue weighted by Gasteiger charge is 2.48. The molecule has 1 aliphatic heterocycles. The summed E-state index contributed by atoms with van der Waals surface area (Å²) in [7, 11) is 1.66. The van der Waals surface area contributed by atoms with Gasteiger partial charge in [0, 0.05) is 23.1 Å². The van der Waals surface area contributed by atoms with E-state index in [1.165, 1.54) is 5.92 Å². The Kier molecular flexibility index (Phi) is 5.64. The standard InChI is InChI=1S/C25H30NO3/c1-18(2)16-26-13-11-25(12-14-26)15-22-21(24(25)27)5-4-6-23(22)29-17-19-7-9-20(28-3)10-8-19/h4-10H,11-17H2,1-3H3. The van der Waals surface area contributed by atoms with E-state index in [2.05, 4.69) is 18.7 Å². The minimum Gasteiger partial charge on any atom is -0.497 e. The number of ketones is 1. The third-order valence-electron chi connectivity index (χ3n) is 6.28. The topological polar surface area (TPSA) is 38.8 Å². The first-order chi connectivity index (χ1) is 14.0. The summed E-state index contributed by atoms with van der Waals surface area (Å²) in [5.41, 5.74) is 2.81. The van der Waals surface area contributed by atoms with Gasteiger partial charge in [-0.05, 0) is 62.0 Å². The molecule has 4 rings (SSSR count). The van der Waals surface area contributed by atoms with Gasteiger partial charge in [-0.25, -0.2) is 0 Å². The van der Waals surface area contributed by atoms with E-state index >= 15 is 0 Å². The van der Waals surface area contributed by atoms with Crippen molar-refractivity contribution in [2.24, 2.45) is 5.41 Å². The van der Waals surface area contributed by atoms with E-state index in [4.69, 9.17) is 9.47 Å². The summed E-state index contributed by atoms with van der Waals surface area (Å²) in [5, 5.41) is 0.